The van der Waals surface area contributed by atoms with Crippen LogP contribution in [0, 0.1) is 10.1 Å². The van der Waals surface area contributed by atoms with Gasteiger partial charge in [0.05, 0.1) is 4.92 Å². The molecule has 0 amide bonds. The summed E-state index contributed by atoms with van der Waals surface area (Å²) in [5.41, 5.74) is 3.18. The van der Waals surface area contributed by atoms with Crippen LogP contribution in [0.4, 0.5) is 5.69 Å². The first-order valence-electron chi connectivity index (χ1n) is 5.43. The first kappa shape index (κ1) is 11.7. The number of nitro groups is 1. The summed E-state index contributed by atoms with van der Waals surface area (Å²) in [6.07, 6.45) is 2.30. The molecule has 0 atom stereocenters. The van der Waals surface area contributed by atoms with Gasteiger partial charge in [0.15, 0.2) is 0 Å². The average Bonchev–Trinajstić information content (AvgIpc) is 2.26. The minimum absolute atomic E-state index is 0.239. The van der Waals surface area contributed by atoms with Crippen LogP contribution < -0.4 is 0 Å². The summed E-state index contributed by atoms with van der Waals surface area (Å²) in [5.74, 6) is 0. The molecular formula is C12H17NO2. The molecule has 0 aromatic heterocycles. The third-order valence-electron chi connectivity index (χ3n) is 2.76. The molecule has 1 aromatic rings. The molecule has 15 heavy (non-hydrogen) atoms. The zero-order valence-corrected chi connectivity index (χ0v) is 9.54. The highest BCUT2D eigenvalue weighted by atomic mass is 16.6. The fourth-order valence-electron chi connectivity index (χ4n) is 1.97. The van der Waals surface area contributed by atoms with E-state index in [1.54, 1.807) is 0 Å². The summed E-state index contributed by atoms with van der Waals surface area (Å²) < 4.78 is 0. The molecule has 1 rings (SSSR count). The van der Waals surface area contributed by atoms with E-state index < -0.39 is 0 Å². The molecule has 0 spiro atoms. The van der Waals surface area contributed by atoms with E-state index in [9.17, 15) is 10.1 Å². The van der Waals surface area contributed by atoms with Crippen LogP contribution in [-0.4, -0.2) is 4.92 Å². The Morgan fingerprint density at radius 3 is 2.00 bits per heavy atom. The normalized spacial score (nSPS) is 10.3. The van der Waals surface area contributed by atoms with E-state index in [0.29, 0.717) is 12.1 Å². The predicted octanol–water partition coefficient (Wildman–Crippen LogP) is 3.28. The monoisotopic (exact) mass is 207 g/mol. The second-order valence-corrected chi connectivity index (χ2v) is 3.53. The van der Waals surface area contributed by atoms with Gasteiger partial charge in [0.25, 0.3) is 5.69 Å². The molecule has 0 radical (unpaired) electrons. The topological polar surface area (TPSA) is 43.1 Å². The highest BCUT2D eigenvalue weighted by Crippen LogP contribution is 2.28. The molecule has 0 saturated carbocycles. The van der Waals surface area contributed by atoms with Gasteiger partial charge in [0, 0.05) is 11.1 Å². The highest BCUT2D eigenvalue weighted by molar-refractivity contribution is 5.52. The maximum Gasteiger partial charge on any atom is 0.275 e. The fraction of sp³-hybridized carbons (Fsp3) is 0.500. The van der Waals surface area contributed by atoms with Gasteiger partial charge in [-0.2, -0.15) is 0 Å². The molecule has 0 saturated heterocycles. The Bertz CT molecular complexity index is 372. The first-order valence-corrected chi connectivity index (χ1v) is 5.43. The van der Waals surface area contributed by atoms with Gasteiger partial charge in [-0.15, -0.1) is 0 Å². The van der Waals surface area contributed by atoms with Crippen LogP contribution in [-0.2, 0) is 19.3 Å². The van der Waals surface area contributed by atoms with Gasteiger partial charge in [-0.25, -0.2) is 0 Å². The Morgan fingerprint density at radius 2 is 1.60 bits per heavy atom. The van der Waals surface area contributed by atoms with Crippen molar-refractivity contribution in [3.05, 3.63) is 38.9 Å². The summed E-state index contributed by atoms with van der Waals surface area (Å²) in [7, 11) is 0. The number of hydrogen-bond donors (Lipinski definition) is 0. The summed E-state index contributed by atoms with van der Waals surface area (Å²) in [5, 5.41) is 11.0. The lowest BCUT2D eigenvalue weighted by atomic mass is 9.96. The third kappa shape index (κ3) is 2.17. The second-order valence-electron chi connectivity index (χ2n) is 3.53. The third-order valence-corrected chi connectivity index (χ3v) is 2.76. The minimum atomic E-state index is -0.239. The smallest absolute Gasteiger partial charge is 0.258 e. The van der Waals surface area contributed by atoms with Crippen molar-refractivity contribution in [3.8, 4) is 0 Å². The minimum Gasteiger partial charge on any atom is -0.258 e. The van der Waals surface area contributed by atoms with Crippen LogP contribution in [0.2, 0.25) is 0 Å². The molecule has 3 heteroatoms. The van der Waals surface area contributed by atoms with Crippen LogP contribution >= 0.6 is 0 Å². The lowest BCUT2D eigenvalue weighted by Gasteiger charge is -2.09. The summed E-state index contributed by atoms with van der Waals surface area (Å²) in [6, 6.07) is 3.90. The SMILES string of the molecule is CCc1ccc(CC)c([N+](=O)[O-])c1CC. The molecule has 0 heterocycles. The largest absolute Gasteiger partial charge is 0.275 e. The van der Waals surface area contributed by atoms with Gasteiger partial charge in [0.2, 0.25) is 0 Å². The molecule has 0 N–H and O–H groups in total. The van der Waals surface area contributed by atoms with E-state index in [2.05, 4.69) is 0 Å². The van der Waals surface area contributed by atoms with Crippen molar-refractivity contribution in [1.29, 1.82) is 0 Å². The Labute approximate surface area is 90.3 Å². The fourth-order valence-corrected chi connectivity index (χ4v) is 1.97. The number of nitrogens with zero attached hydrogens (tertiary/aromatic N) is 1. The molecule has 0 aliphatic heterocycles. The van der Waals surface area contributed by atoms with E-state index >= 15 is 0 Å². The lowest BCUT2D eigenvalue weighted by Crippen LogP contribution is -2.03. The molecule has 0 bridgehead atoms. The van der Waals surface area contributed by atoms with Crippen molar-refractivity contribution < 1.29 is 4.92 Å². The maximum absolute atomic E-state index is 11.0. The van der Waals surface area contributed by atoms with Crippen molar-refractivity contribution in [3.63, 3.8) is 0 Å². The van der Waals surface area contributed by atoms with Crippen LogP contribution in [0.1, 0.15) is 37.5 Å². The van der Waals surface area contributed by atoms with Gasteiger partial charge in [0.1, 0.15) is 0 Å². The molecule has 0 fully saturated rings. The number of rotatable bonds is 4. The van der Waals surface area contributed by atoms with Crippen LogP contribution in [0.15, 0.2) is 12.1 Å². The van der Waals surface area contributed by atoms with Gasteiger partial charge in [-0.05, 0) is 24.8 Å². The predicted molar refractivity (Wildman–Crippen MR) is 61.2 cm³/mol. The van der Waals surface area contributed by atoms with Gasteiger partial charge in [-0.1, -0.05) is 32.9 Å². The first-order chi connectivity index (χ1) is 7.15. The van der Waals surface area contributed by atoms with Gasteiger partial charge in [-0.3, -0.25) is 10.1 Å². The van der Waals surface area contributed by atoms with Crippen LogP contribution in [0.25, 0.3) is 0 Å². The summed E-state index contributed by atoms with van der Waals surface area (Å²) in [6.45, 7) is 5.96. The molecule has 1 aromatic carbocycles. The summed E-state index contributed by atoms with van der Waals surface area (Å²) >= 11 is 0. The van der Waals surface area contributed by atoms with E-state index in [1.807, 2.05) is 32.9 Å². The van der Waals surface area contributed by atoms with Crippen molar-refractivity contribution >= 4 is 5.69 Å². The Kier molecular flexibility index (Phi) is 3.83. The van der Waals surface area contributed by atoms with Gasteiger partial charge >= 0.3 is 0 Å². The zero-order chi connectivity index (χ0) is 11.4. The average molecular weight is 207 g/mol. The van der Waals surface area contributed by atoms with Crippen LogP contribution in [0.5, 0.6) is 0 Å². The maximum atomic E-state index is 11.0. The Balaban J connectivity index is 3.44. The van der Waals surface area contributed by atoms with Gasteiger partial charge < -0.3 is 0 Å². The number of aryl methyl sites for hydroxylation is 2. The zero-order valence-electron chi connectivity index (χ0n) is 9.54. The Morgan fingerprint density at radius 1 is 1.07 bits per heavy atom. The molecule has 3 nitrogen and oxygen atoms in total. The molecule has 0 unspecified atom stereocenters. The summed E-state index contributed by atoms with van der Waals surface area (Å²) in [4.78, 5) is 10.8. The van der Waals surface area contributed by atoms with Crippen molar-refractivity contribution in [2.45, 2.75) is 40.0 Å². The molecule has 0 aliphatic carbocycles. The molecule has 82 valence electrons. The van der Waals surface area contributed by atoms with Crippen molar-refractivity contribution in [2.75, 3.05) is 0 Å². The molecule has 0 aliphatic rings. The quantitative estimate of drug-likeness (QED) is 0.561. The van der Waals surface area contributed by atoms with E-state index in [0.717, 1.165) is 29.5 Å². The number of benzene rings is 1. The standard InChI is InChI=1S/C12H17NO2/c1-4-9-7-8-10(5-2)12(13(14)15)11(9)6-3/h7-8H,4-6H2,1-3H3. The second kappa shape index (κ2) is 4.91. The van der Waals surface area contributed by atoms with Crippen LogP contribution in [0.3, 0.4) is 0 Å². The molecular weight excluding hydrogens is 190 g/mol. The van der Waals surface area contributed by atoms with E-state index in [4.69, 9.17) is 0 Å². The number of hydrogen-bond acceptors (Lipinski definition) is 2. The van der Waals surface area contributed by atoms with E-state index in [-0.39, 0.29) is 4.92 Å². The number of nitro benzene ring substituents is 1. The van der Waals surface area contributed by atoms with Crippen molar-refractivity contribution in [2.24, 2.45) is 0 Å². The van der Waals surface area contributed by atoms with E-state index in [1.165, 1.54) is 0 Å². The Hall–Kier alpha value is -1.38. The lowest BCUT2D eigenvalue weighted by molar-refractivity contribution is -0.386. The highest BCUT2D eigenvalue weighted by Gasteiger charge is 2.19. The van der Waals surface area contributed by atoms with Crippen molar-refractivity contribution in [1.82, 2.24) is 0 Å².